The summed E-state index contributed by atoms with van der Waals surface area (Å²) in [5, 5.41) is 12.5. The average molecular weight is 257 g/mol. The first-order valence-electron chi connectivity index (χ1n) is 7.19. The highest BCUT2D eigenvalue weighted by molar-refractivity contribution is 5.77. The number of aliphatic hydroxyl groups is 1. The fraction of sp³-hybridized carbons (Fsp3) is 0.929. The van der Waals surface area contributed by atoms with Gasteiger partial charge in [0, 0.05) is 6.54 Å². The van der Waals surface area contributed by atoms with Gasteiger partial charge in [0.25, 0.3) is 0 Å². The monoisotopic (exact) mass is 257 g/mol. The van der Waals surface area contributed by atoms with E-state index in [2.05, 4.69) is 5.32 Å². The van der Waals surface area contributed by atoms with Crippen LogP contribution < -0.4 is 5.32 Å². The highest BCUT2D eigenvalue weighted by Gasteiger charge is 2.16. The lowest BCUT2D eigenvalue weighted by Gasteiger charge is -2.22. The third-order valence-electron chi connectivity index (χ3n) is 3.81. The molecule has 4 heteroatoms. The van der Waals surface area contributed by atoms with Crippen molar-refractivity contribution in [2.45, 2.75) is 64.6 Å². The van der Waals surface area contributed by atoms with Gasteiger partial charge in [0.1, 0.15) is 6.61 Å². The molecule has 0 heterocycles. The van der Waals surface area contributed by atoms with E-state index >= 15 is 0 Å². The number of aliphatic hydroxyl groups excluding tert-OH is 1. The van der Waals surface area contributed by atoms with E-state index in [4.69, 9.17) is 4.74 Å². The van der Waals surface area contributed by atoms with Crippen LogP contribution in [0.3, 0.4) is 0 Å². The molecule has 0 bridgehead atoms. The van der Waals surface area contributed by atoms with Crippen molar-refractivity contribution in [1.82, 2.24) is 5.32 Å². The third-order valence-corrected chi connectivity index (χ3v) is 3.81. The summed E-state index contributed by atoms with van der Waals surface area (Å²) >= 11 is 0. The van der Waals surface area contributed by atoms with Gasteiger partial charge in [0.05, 0.1) is 12.2 Å². The van der Waals surface area contributed by atoms with Crippen LogP contribution in [0.4, 0.5) is 0 Å². The SMILES string of the molecule is CCC(C)C(O)CNC(=O)COC1CCCCC1. The van der Waals surface area contributed by atoms with Gasteiger partial charge in [-0.1, -0.05) is 39.5 Å². The molecular formula is C14H27NO3. The van der Waals surface area contributed by atoms with Crippen LogP contribution >= 0.6 is 0 Å². The van der Waals surface area contributed by atoms with Crippen LogP contribution in [0.15, 0.2) is 0 Å². The Morgan fingerprint density at radius 3 is 2.67 bits per heavy atom. The Balaban J connectivity index is 2.09. The van der Waals surface area contributed by atoms with E-state index in [-0.39, 0.29) is 24.5 Å². The number of hydrogen-bond acceptors (Lipinski definition) is 3. The molecule has 4 nitrogen and oxygen atoms in total. The molecule has 0 aromatic carbocycles. The van der Waals surface area contributed by atoms with Crippen LogP contribution in [-0.4, -0.2) is 36.4 Å². The number of rotatable bonds is 7. The molecule has 2 unspecified atom stereocenters. The maximum absolute atomic E-state index is 11.6. The van der Waals surface area contributed by atoms with E-state index in [9.17, 15) is 9.90 Å². The van der Waals surface area contributed by atoms with Crippen LogP contribution in [0.5, 0.6) is 0 Å². The minimum Gasteiger partial charge on any atom is -0.391 e. The Labute approximate surface area is 110 Å². The molecule has 0 aliphatic heterocycles. The lowest BCUT2D eigenvalue weighted by atomic mass is 9.98. The Morgan fingerprint density at radius 1 is 1.39 bits per heavy atom. The standard InChI is InChI=1S/C14H27NO3/c1-3-11(2)13(16)9-15-14(17)10-18-12-7-5-4-6-8-12/h11-13,16H,3-10H2,1-2H3,(H,15,17). The Bertz CT molecular complexity index is 231. The maximum Gasteiger partial charge on any atom is 0.246 e. The Kier molecular flexibility index (Phi) is 7.28. The molecular weight excluding hydrogens is 230 g/mol. The molecule has 0 radical (unpaired) electrons. The predicted molar refractivity (Wildman–Crippen MR) is 71.3 cm³/mol. The molecule has 1 saturated carbocycles. The molecule has 1 fully saturated rings. The van der Waals surface area contributed by atoms with E-state index in [0.29, 0.717) is 6.54 Å². The highest BCUT2D eigenvalue weighted by Crippen LogP contribution is 2.19. The van der Waals surface area contributed by atoms with Crippen LogP contribution in [0.25, 0.3) is 0 Å². The number of amides is 1. The molecule has 1 aliphatic carbocycles. The first-order chi connectivity index (χ1) is 8.63. The number of hydrogen-bond donors (Lipinski definition) is 2. The number of carbonyl (C=O) groups excluding carboxylic acids is 1. The minimum atomic E-state index is -0.464. The minimum absolute atomic E-state index is 0.122. The van der Waals surface area contributed by atoms with Crippen molar-refractivity contribution in [2.24, 2.45) is 5.92 Å². The van der Waals surface area contributed by atoms with Crippen LogP contribution in [0.1, 0.15) is 52.4 Å². The van der Waals surface area contributed by atoms with Crippen molar-refractivity contribution >= 4 is 5.91 Å². The van der Waals surface area contributed by atoms with Crippen LogP contribution in [-0.2, 0) is 9.53 Å². The van der Waals surface area contributed by atoms with Gasteiger partial charge in [-0.3, -0.25) is 4.79 Å². The summed E-state index contributed by atoms with van der Waals surface area (Å²) in [5.41, 5.74) is 0. The second-order valence-electron chi connectivity index (χ2n) is 5.33. The van der Waals surface area contributed by atoms with Gasteiger partial charge in [0.2, 0.25) is 5.91 Å². The van der Waals surface area contributed by atoms with Crippen LogP contribution in [0, 0.1) is 5.92 Å². The van der Waals surface area contributed by atoms with Crippen molar-refractivity contribution in [3.8, 4) is 0 Å². The van der Waals surface area contributed by atoms with Gasteiger partial charge in [-0.25, -0.2) is 0 Å². The van der Waals surface area contributed by atoms with Crippen molar-refractivity contribution < 1.29 is 14.6 Å². The molecule has 0 aromatic heterocycles. The molecule has 18 heavy (non-hydrogen) atoms. The zero-order chi connectivity index (χ0) is 13.4. The van der Waals surface area contributed by atoms with Crippen molar-refractivity contribution in [3.63, 3.8) is 0 Å². The van der Waals surface area contributed by atoms with E-state index in [1.165, 1.54) is 19.3 Å². The van der Waals surface area contributed by atoms with Gasteiger partial charge in [-0.15, -0.1) is 0 Å². The summed E-state index contributed by atoms with van der Waals surface area (Å²) in [5.74, 6) is 0.0903. The summed E-state index contributed by atoms with van der Waals surface area (Å²) < 4.78 is 5.57. The summed E-state index contributed by atoms with van der Waals surface area (Å²) in [6, 6.07) is 0. The van der Waals surface area contributed by atoms with E-state index in [0.717, 1.165) is 19.3 Å². The lowest BCUT2D eigenvalue weighted by molar-refractivity contribution is -0.129. The topological polar surface area (TPSA) is 58.6 Å². The van der Waals surface area contributed by atoms with Gasteiger partial charge >= 0.3 is 0 Å². The highest BCUT2D eigenvalue weighted by atomic mass is 16.5. The molecule has 2 N–H and O–H groups in total. The van der Waals surface area contributed by atoms with E-state index < -0.39 is 6.10 Å². The Morgan fingerprint density at radius 2 is 2.06 bits per heavy atom. The summed E-state index contributed by atoms with van der Waals surface area (Å²) in [6.45, 7) is 4.46. The molecule has 106 valence electrons. The number of carbonyl (C=O) groups is 1. The molecule has 0 spiro atoms. The summed E-state index contributed by atoms with van der Waals surface area (Å²) in [6.07, 6.45) is 6.55. The maximum atomic E-state index is 11.6. The van der Waals surface area contributed by atoms with Gasteiger partial charge in [0.15, 0.2) is 0 Å². The predicted octanol–water partition coefficient (Wildman–Crippen LogP) is 1.86. The Hall–Kier alpha value is -0.610. The molecule has 2 atom stereocenters. The zero-order valence-corrected chi connectivity index (χ0v) is 11.7. The first-order valence-corrected chi connectivity index (χ1v) is 7.19. The van der Waals surface area contributed by atoms with Crippen molar-refractivity contribution in [3.05, 3.63) is 0 Å². The number of ether oxygens (including phenoxy) is 1. The smallest absolute Gasteiger partial charge is 0.246 e. The lowest BCUT2D eigenvalue weighted by Crippen LogP contribution is -2.38. The molecule has 0 saturated heterocycles. The second-order valence-corrected chi connectivity index (χ2v) is 5.33. The fourth-order valence-corrected chi connectivity index (χ4v) is 2.17. The zero-order valence-electron chi connectivity index (χ0n) is 11.7. The number of nitrogens with one attached hydrogen (secondary N) is 1. The second kappa shape index (κ2) is 8.48. The van der Waals surface area contributed by atoms with Crippen LogP contribution in [0.2, 0.25) is 0 Å². The quantitative estimate of drug-likeness (QED) is 0.732. The first kappa shape index (κ1) is 15.4. The normalized spacial score (nSPS) is 20.4. The average Bonchev–Trinajstić information content (AvgIpc) is 2.42. The molecule has 1 amide bonds. The van der Waals surface area contributed by atoms with E-state index in [1.54, 1.807) is 0 Å². The van der Waals surface area contributed by atoms with Gasteiger partial charge in [-0.05, 0) is 18.8 Å². The van der Waals surface area contributed by atoms with Gasteiger partial charge < -0.3 is 15.2 Å². The molecule has 0 aromatic rings. The largest absolute Gasteiger partial charge is 0.391 e. The van der Waals surface area contributed by atoms with Crippen molar-refractivity contribution in [1.29, 1.82) is 0 Å². The van der Waals surface area contributed by atoms with Gasteiger partial charge in [-0.2, -0.15) is 0 Å². The molecule has 1 aliphatic rings. The van der Waals surface area contributed by atoms with Crippen molar-refractivity contribution in [2.75, 3.05) is 13.2 Å². The summed E-state index contributed by atoms with van der Waals surface area (Å²) in [4.78, 5) is 11.6. The third kappa shape index (κ3) is 5.83. The van der Waals surface area contributed by atoms with E-state index in [1.807, 2.05) is 13.8 Å². The fourth-order valence-electron chi connectivity index (χ4n) is 2.17. The summed E-state index contributed by atoms with van der Waals surface area (Å²) in [7, 11) is 0. The molecule has 1 rings (SSSR count).